The largest absolute Gasteiger partial charge is 0.505 e. The van der Waals surface area contributed by atoms with E-state index in [-0.39, 0.29) is 34.3 Å². The number of phenols is 1. The van der Waals surface area contributed by atoms with E-state index in [4.69, 9.17) is 10.5 Å². The molecule has 5 rings (SSSR count). The second-order valence-electron chi connectivity index (χ2n) is 7.81. The minimum atomic E-state index is -0.784. The van der Waals surface area contributed by atoms with Gasteiger partial charge in [0.15, 0.2) is 17.4 Å². The summed E-state index contributed by atoms with van der Waals surface area (Å²) in [6.45, 7) is 0. The number of aromatic nitrogens is 4. The van der Waals surface area contributed by atoms with Crippen LogP contribution < -0.4 is 10.5 Å². The molecule has 2 aromatic heterocycles. The summed E-state index contributed by atoms with van der Waals surface area (Å²) in [4.78, 5) is 33.6. The third-order valence-corrected chi connectivity index (χ3v) is 5.59. The molecule has 0 saturated heterocycles. The van der Waals surface area contributed by atoms with Crippen LogP contribution in [0.25, 0.3) is 16.7 Å². The molecule has 0 aliphatic carbocycles. The molecule has 0 unspecified atom stereocenters. The standard InChI is InChI=1S/C26H19N7O4/c1-37-17-9-7-15(8-10-17)22(34)19-13-16-5-2-3-6-18(16)21(23(19)35)31-32-25-20(24(27)36)14-30-33(25)26-28-11-4-12-29-26/h2-14,35H,1H3,(H2,27,36)/b32-31+. The van der Waals surface area contributed by atoms with Gasteiger partial charge >= 0.3 is 0 Å². The number of ether oxygens (including phenoxy) is 1. The highest BCUT2D eigenvalue weighted by atomic mass is 16.5. The summed E-state index contributed by atoms with van der Waals surface area (Å²) in [6, 6.07) is 16.8. The smallest absolute Gasteiger partial charge is 0.254 e. The van der Waals surface area contributed by atoms with Crippen molar-refractivity contribution in [3.8, 4) is 17.4 Å². The van der Waals surface area contributed by atoms with E-state index < -0.39 is 11.7 Å². The van der Waals surface area contributed by atoms with Gasteiger partial charge in [-0.1, -0.05) is 24.3 Å². The number of methoxy groups -OCH3 is 1. The summed E-state index contributed by atoms with van der Waals surface area (Å²) in [5, 5.41) is 24.9. The van der Waals surface area contributed by atoms with E-state index in [0.29, 0.717) is 22.1 Å². The van der Waals surface area contributed by atoms with Crippen molar-refractivity contribution in [3.05, 3.63) is 95.9 Å². The normalized spacial score (nSPS) is 11.2. The maximum Gasteiger partial charge on any atom is 0.254 e. The van der Waals surface area contributed by atoms with E-state index in [1.165, 1.54) is 30.4 Å². The molecule has 182 valence electrons. The Kier molecular flexibility index (Phi) is 6.08. The first-order chi connectivity index (χ1) is 18.0. The molecule has 37 heavy (non-hydrogen) atoms. The monoisotopic (exact) mass is 493 g/mol. The fourth-order valence-electron chi connectivity index (χ4n) is 3.75. The van der Waals surface area contributed by atoms with Gasteiger partial charge in [-0.05, 0) is 41.8 Å². The number of nitrogens with zero attached hydrogens (tertiary/aromatic N) is 6. The van der Waals surface area contributed by atoms with Crippen molar-refractivity contribution >= 4 is 34.0 Å². The van der Waals surface area contributed by atoms with Gasteiger partial charge in [0.25, 0.3) is 11.9 Å². The third-order valence-electron chi connectivity index (χ3n) is 5.59. The van der Waals surface area contributed by atoms with Gasteiger partial charge in [0.2, 0.25) is 0 Å². The number of rotatable bonds is 7. The van der Waals surface area contributed by atoms with E-state index in [0.717, 1.165) is 0 Å². The van der Waals surface area contributed by atoms with Gasteiger partial charge in [0.1, 0.15) is 17.0 Å². The first-order valence-corrected chi connectivity index (χ1v) is 11.0. The van der Waals surface area contributed by atoms with Crippen LogP contribution in [-0.2, 0) is 0 Å². The fraction of sp³-hybridized carbons (Fsp3) is 0.0385. The number of carbonyl (C=O) groups excluding carboxylic acids is 2. The van der Waals surface area contributed by atoms with Crippen molar-refractivity contribution in [2.75, 3.05) is 7.11 Å². The minimum Gasteiger partial charge on any atom is -0.505 e. The van der Waals surface area contributed by atoms with Gasteiger partial charge in [-0.2, -0.15) is 9.78 Å². The fourth-order valence-corrected chi connectivity index (χ4v) is 3.75. The summed E-state index contributed by atoms with van der Waals surface area (Å²) < 4.78 is 6.36. The van der Waals surface area contributed by atoms with Crippen LogP contribution in [0.3, 0.4) is 0 Å². The van der Waals surface area contributed by atoms with Crippen molar-refractivity contribution < 1.29 is 19.4 Å². The number of nitrogens with two attached hydrogens (primary N) is 1. The molecule has 5 aromatic rings. The Hall–Kier alpha value is -5.45. The number of aromatic hydroxyl groups is 1. The molecule has 0 radical (unpaired) electrons. The highest BCUT2D eigenvalue weighted by Crippen LogP contribution is 2.40. The number of benzene rings is 3. The van der Waals surface area contributed by atoms with Gasteiger partial charge in [0.05, 0.1) is 18.9 Å². The van der Waals surface area contributed by atoms with Crippen LogP contribution in [0.5, 0.6) is 11.5 Å². The molecule has 2 heterocycles. The van der Waals surface area contributed by atoms with Crippen LogP contribution in [0.4, 0.5) is 11.5 Å². The summed E-state index contributed by atoms with van der Waals surface area (Å²) in [5.74, 6) is -0.865. The lowest BCUT2D eigenvalue weighted by Crippen LogP contribution is -2.10. The Labute approximate surface area is 209 Å². The molecule has 1 amide bonds. The lowest BCUT2D eigenvalue weighted by Gasteiger charge is -2.10. The van der Waals surface area contributed by atoms with Gasteiger partial charge in [0, 0.05) is 23.3 Å². The van der Waals surface area contributed by atoms with Gasteiger partial charge in [-0.15, -0.1) is 10.2 Å². The molecular formula is C26H19N7O4. The molecule has 3 N–H and O–H groups in total. The minimum absolute atomic E-state index is 0.0227. The number of ketones is 1. The van der Waals surface area contributed by atoms with Crippen molar-refractivity contribution in [1.29, 1.82) is 0 Å². The zero-order valence-corrected chi connectivity index (χ0v) is 19.4. The summed E-state index contributed by atoms with van der Waals surface area (Å²) in [5.41, 5.74) is 5.90. The molecule has 0 atom stereocenters. The predicted octanol–water partition coefficient (Wildman–Crippen LogP) is 4.28. The topological polar surface area (TPSA) is 158 Å². The number of phenolic OH excluding ortho intramolecular Hbond substituents is 1. The number of carbonyl (C=O) groups is 2. The lowest BCUT2D eigenvalue weighted by atomic mass is 9.97. The second kappa shape index (κ2) is 9.66. The van der Waals surface area contributed by atoms with Crippen molar-refractivity contribution in [3.63, 3.8) is 0 Å². The second-order valence-corrected chi connectivity index (χ2v) is 7.81. The Bertz CT molecular complexity index is 1660. The zero-order chi connectivity index (χ0) is 25.9. The van der Waals surface area contributed by atoms with Gasteiger partial charge < -0.3 is 15.6 Å². The number of azo groups is 1. The Morgan fingerprint density at radius 3 is 2.41 bits per heavy atom. The highest BCUT2D eigenvalue weighted by Gasteiger charge is 2.21. The van der Waals surface area contributed by atoms with E-state index in [1.54, 1.807) is 60.7 Å². The van der Waals surface area contributed by atoms with Crippen molar-refractivity contribution in [1.82, 2.24) is 19.7 Å². The first-order valence-electron chi connectivity index (χ1n) is 11.0. The molecule has 0 bridgehead atoms. The molecule has 11 nitrogen and oxygen atoms in total. The van der Waals surface area contributed by atoms with Gasteiger partial charge in [-0.25, -0.2) is 9.97 Å². The van der Waals surface area contributed by atoms with E-state index >= 15 is 0 Å². The maximum absolute atomic E-state index is 13.3. The summed E-state index contributed by atoms with van der Waals surface area (Å²) in [6.07, 6.45) is 4.24. The molecule has 11 heteroatoms. The van der Waals surface area contributed by atoms with Crippen LogP contribution in [0.2, 0.25) is 0 Å². The molecule has 0 saturated carbocycles. The number of primary amides is 1. The zero-order valence-electron chi connectivity index (χ0n) is 19.4. The van der Waals surface area contributed by atoms with Crippen LogP contribution in [0.15, 0.2) is 89.5 Å². The van der Waals surface area contributed by atoms with Crippen molar-refractivity contribution in [2.24, 2.45) is 16.0 Å². The van der Waals surface area contributed by atoms with Crippen LogP contribution in [-0.4, -0.2) is 43.7 Å². The third kappa shape index (κ3) is 4.36. The molecule has 0 fully saturated rings. The Morgan fingerprint density at radius 2 is 1.70 bits per heavy atom. The average Bonchev–Trinajstić information content (AvgIpc) is 3.37. The SMILES string of the molecule is COc1ccc(C(=O)c2cc3ccccc3c(/N=N/c3c(C(N)=O)cnn3-c3ncccn3)c2O)cc1. The molecule has 3 aromatic carbocycles. The molecule has 0 spiro atoms. The maximum atomic E-state index is 13.3. The highest BCUT2D eigenvalue weighted by molar-refractivity contribution is 6.15. The van der Waals surface area contributed by atoms with Crippen LogP contribution in [0.1, 0.15) is 26.3 Å². The number of fused-ring (bicyclic) bond motifs is 1. The van der Waals surface area contributed by atoms with Crippen LogP contribution >= 0.6 is 0 Å². The van der Waals surface area contributed by atoms with Crippen LogP contribution in [0, 0.1) is 0 Å². The predicted molar refractivity (Wildman–Crippen MR) is 134 cm³/mol. The number of amides is 1. The number of hydrogen-bond acceptors (Lipinski definition) is 9. The Morgan fingerprint density at radius 1 is 0.973 bits per heavy atom. The average molecular weight is 493 g/mol. The molecule has 0 aliphatic rings. The van der Waals surface area contributed by atoms with E-state index in [9.17, 15) is 14.7 Å². The van der Waals surface area contributed by atoms with Gasteiger partial charge in [-0.3, -0.25) is 9.59 Å². The van der Waals surface area contributed by atoms with Crippen molar-refractivity contribution in [2.45, 2.75) is 0 Å². The summed E-state index contributed by atoms with van der Waals surface area (Å²) >= 11 is 0. The number of hydrogen-bond donors (Lipinski definition) is 2. The molecular weight excluding hydrogens is 474 g/mol. The van der Waals surface area contributed by atoms with E-state index in [2.05, 4.69) is 25.3 Å². The van der Waals surface area contributed by atoms with E-state index in [1.807, 2.05) is 0 Å². The lowest BCUT2D eigenvalue weighted by molar-refractivity contribution is 0.0999. The first kappa shape index (κ1) is 23.3. The Balaban J connectivity index is 1.65. The molecule has 0 aliphatic heterocycles. The summed E-state index contributed by atoms with van der Waals surface area (Å²) in [7, 11) is 1.53. The quantitative estimate of drug-likeness (QED) is 0.253.